The predicted molar refractivity (Wildman–Crippen MR) is 75.8 cm³/mol. The van der Waals surface area contributed by atoms with E-state index in [1.165, 1.54) is 24.3 Å². The van der Waals surface area contributed by atoms with Gasteiger partial charge in [-0.1, -0.05) is 12.2 Å². The van der Waals surface area contributed by atoms with Crippen LogP contribution in [-0.2, 0) is 4.74 Å². The molecule has 0 spiro atoms. The van der Waals surface area contributed by atoms with Gasteiger partial charge in [0, 0.05) is 24.4 Å². The molecule has 0 atom stereocenters. The number of nitrogens with zero attached hydrogens (tertiary/aromatic N) is 1. The number of rotatable bonds is 7. The minimum atomic E-state index is -0.497. The number of urea groups is 1. The van der Waals surface area contributed by atoms with Crippen molar-refractivity contribution in [3.8, 4) is 0 Å². The molecule has 108 valence electrons. The van der Waals surface area contributed by atoms with Crippen LogP contribution in [0.5, 0.6) is 0 Å². The first kappa shape index (κ1) is 15.6. The van der Waals surface area contributed by atoms with E-state index < -0.39 is 11.0 Å². The largest absolute Gasteiger partial charge is 0.375 e. The second-order valence-electron chi connectivity index (χ2n) is 4.19. The Morgan fingerprint density at radius 1 is 1.40 bits per heavy atom. The molecule has 0 bridgehead atoms. The van der Waals surface area contributed by atoms with E-state index >= 15 is 0 Å². The molecule has 7 nitrogen and oxygen atoms in total. The smallest absolute Gasteiger partial charge is 0.319 e. The van der Waals surface area contributed by atoms with Crippen molar-refractivity contribution in [2.24, 2.45) is 0 Å². The first-order valence-corrected chi connectivity index (χ1v) is 6.00. The molecule has 0 aromatic heterocycles. The number of ether oxygens (including phenoxy) is 1. The summed E-state index contributed by atoms with van der Waals surface area (Å²) in [6.07, 6.45) is 0. The number of anilines is 1. The minimum Gasteiger partial charge on any atom is -0.375 e. The van der Waals surface area contributed by atoms with Gasteiger partial charge in [-0.3, -0.25) is 10.1 Å². The lowest BCUT2D eigenvalue weighted by Gasteiger charge is -2.08. The topological polar surface area (TPSA) is 93.5 Å². The van der Waals surface area contributed by atoms with Gasteiger partial charge in [-0.15, -0.1) is 0 Å². The van der Waals surface area contributed by atoms with E-state index in [1.54, 1.807) is 0 Å². The Hall–Kier alpha value is -2.41. The number of carbonyl (C=O) groups excluding carboxylic acids is 1. The molecule has 0 aliphatic carbocycles. The van der Waals surface area contributed by atoms with Crippen LogP contribution in [0.15, 0.2) is 36.4 Å². The van der Waals surface area contributed by atoms with Gasteiger partial charge in [0.1, 0.15) is 0 Å². The van der Waals surface area contributed by atoms with Gasteiger partial charge in [0.15, 0.2) is 0 Å². The first-order valence-electron chi connectivity index (χ1n) is 6.00. The fourth-order valence-electron chi connectivity index (χ4n) is 1.32. The average Bonchev–Trinajstić information content (AvgIpc) is 2.38. The normalized spacial score (nSPS) is 9.85. The van der Waals surface area contributed by atoms with Crippen LogP contribution in [0.4, 0.5) is 16.2 Å². The highest BCUT2D eigenvalue weighted by atomic mass is 16.6. The predicted octanol–water partition coefficient (Wildman–Crippen LogP) is 2.31. The number of hydrogen-bond acceptors (Lipinski definition) is 4. The number of non-ortho nitro benzene ring substituents is 1. The van der Waals surface area contributed by atoms with Crippen molar-refractivity contribution in [1.82, 2.24) is 5.32 Å². The molecule has 0 aliphatic rings. The van der Waals surface area contributed by atoms with Crippen LogP contribution in [0.2, 0.25) is 0 Å². The fourth-order valence-corrected chi connectivity index (χ4v) is 1.32. The summed E-state index contributed by atoms with van der Waals surface area (Å²) in [5.74, 6) is 0. The standard InChI is InChI=1S/C13H17N3O4/c1-10(2)9-20-8-7-14-13(17)15-11-3-5-12(6-4-11)16(18)19/h3-6H,1,7-9H2,2H3,(H2,14,15,17). The number of carbonyl (C=O) groups is 1. The molecule has 1 aromatic carbocycles. The Balaban J connectivity index is 2.28. The maximum atomic E-state index is 11.5. The van der Waals surface area contributed by atoms with Gasteiger partial charge in [0.2, 0.25) is 0 Å². The van der Waals surface area contributed by atoms with Gasteiger partial charge >= 0.3 is 6.03 Å². The summed E-state index contributed by atoms with van der Waals surface area (Å²) in [4.78, 5) is 21.5. The number of nitrogens with one attached hydrogen (secondary N) is 2. The summed E-state index contributed by atoms with van der Waals surface area (Å²) in [7, 11) is 0. The third kappa shape index (κ3) is 5.96. The first-order chi connectivity index (χ1) is 9.49. The van der Waals surface area contributed by atoms with E-state index in [-0.39, 0.29) is 5.69 Å². The lowest BCUT2D eigenvalue weighted by Crippen LogP contribution is -2.31. The molecule has 0 aliphatic heterocycles. The second kappa shape index (κ2) is 7.90. The monoisotopic (exact) mass is 279 g/mol. The Morgan fingerprint density at radius 3 is 2.60 bits per heavy atom. The highest BCUT2D eigenvalue weighted by molar-refractivity contribution is 5.89. The van der Waals surface area contributed by atoms with Gasteiger partial charge < -0.3 is 15.4 Å². The van der Waals surface area contributed by atoms with Gasteiger partial charge in [-0.2, -0.15) is 0 Å². The number of nitro benzene ring substituents is 1. The molecular formula is C13H17N3O4. The van der Waals surface area contributed by atoms with Crippen molar-refractivity contribution in [3.05, 3.63) is 46.5 Å². The SMILES string of the molecule is C=C(C)COCCNC(=O)Nc1ccc([N+](=O)[O-])cc1. The summed E-state index contributed by atoms with van der Waals surface area (Å²) in [5, 5.41) is 15.6. The molecule has 0 saturated carbocycles. The van der Waals surface area contributed by atoms with Crippen molar-refractivity contribution in [3.63, 3.8) is 0 Å². The molecule has 0 unspecified atom stereocenters. The summed E-state index contributed by atoms with van der Waals surface area (Å²) < 4.78 is 5.22. The lowest BCUT2D eigenvalue weighted by atomic mass is 10.3. The Bertz CT molecular complexity index is 485. The van der Waals surface area contributed by atoms with Gasteiger partial charge in [-0.05, 0) is 19.1 Å². The van der Waals surface area contributed by atoms with E-state index in [0.717, 1.165) is 5.57 Å². The molecule has 1 rings (SSSR count). The van der Waals surface area contributed by atoms with Crippen LogP contribution in [0.25, 0.3) is 0 Å². The van der Waals surface area contributed by atoms with Crippen LogP contribution in [0.3, 0.4) is 0 Å². The third-order valence-electron chi connectivity index (χ3n) is 2.22. The third-order valence-corrected chi connectivity index (χ3v) is 2.22. The van der Waals surface area contributed by atoms with Crippen LogP contribution in [0.1, 0.15) is 6.92 Å². The van der Waals surface area contributed by atoms with Gasteiger partial charge in [0.05, 0.1) is 18.1 Å². The number of nitro groups is 1. The number of hydrogen-bond donors (Lipinski definition) is 2. The fraction of sp³-hybridized carbons (Fsp3) is 0.308. The van der Waals surface area contributed by atoms with Crippen LogP contribution in [0, 0.1) is 10.1 Å². The molecule has 0 heterocycles. The summed E-state index contributed by atoms with van der Waals surface area (Å²) in [6.45, 7) is 6.77. The van der Waals surface area contributed by atoms with Crippen LogP contribution in [-0.4, -0.2) is 30.7 Å². The number of amides is 2. The average molecular weight is 279 g/mol. The highest BCUT2D eigenvalue weighted by Crippen LogP contribution is 2.14. The lowest BCUT2D eigenvalue weighted by molar-refractivity contribution is -0.384. The second-order valence-corrected chi connectivity index (χ2v) is 4.19. The molecule has 1 aromatic rings. The maximum Gasteiger partial charge on any atom is 0.319 e. The van der Waals surface area contributed by atoms with E-state index in [2.05, 4.69) is 17.2 Å². The van der Waals surface area contributed by atoms with Crippen molar-refractivity contribution in [2.45, 2.75) is 6.92 Å². The zero-order valence-corrected chi connectivity index (χ0v) is 11.2. The van der Waals surface area contributed by atoms with Gasteiger partial charge in [0.25, 0.3) is 5.69 Å². The molecule has 2 N–H and O–H groups in total. The molecular weight excluding hydrogens is 262 g/mol. The highest BCUT2D eigenvalue weighted by Gasteiger charge is 2.05. The van der Waals surface area contributed by atoms with E-state index in [9.17, 15) is 14.9 Å². The zero-order valence-electron chi connectivity index (χ0n) is 11.2. The molecule has 7 heteroatoms. The van der Waals surface area contributed by atoms with Crippen molar-refractivity contribution < 1.29 is 14.5 Å². The van der Waals surface area contributed by atoms with Crippen LogP contribution < -0.4 is 10.6 Å². The molecule has 0 saturated heterocycles. The van der Waals surface area contributed by atoms with E-state index in [0.29, 0.717) is 25.4 Å². The Morgan fingerprint density at radius 2 is 2.05 bits per heavy atom. The summed E-state index contributed by atoms with van der Waals surface area (Å²) in [5.41, 5.74) is 1.38. The summed E-state index contributed by atoms with van der Waals surface area (Å²) >= 11 is 0. The van der Waals surface area contributed by atoms with Gasteiger partial charge in [-0.25, -0.2) is 4.79 Å². The molecule has 0 fully saturated rings. The minimum absolute atomic E-state index is 0.0239. The van der Waals surface area contributed by atoms with E-state index in [1.807, 2.05) is 6.92 Å². The molecule has 0 radical (unpaired) electrons. The maximum absolute atomic E-state index is 11.5. The Labute approximate surface area is 116 Å². The molecule has 20 heavy (non-hydrogen) atoms. The zero-order chi connectivity index (χ0) is 15.0. The van der Waals surface area contributed by atoms with Crippen molar-refractivity contribution >= 4 is 17.4 Å². The van der Waals surface area contributed by atoms with Crippen LogP contribution >= 0.6 is 0 Å². The Kier molecular flexibility index (Phi) is 6.18. The number of benzene rings is 1. The van der Waals surface area contributed by atoms with Crippen molar-refractivity contribution in [1.29, 1.82) is 0 Å². The quantitative estimate of drug-likeness (QED) is 0.346. The summed E-state index contributed by atoms with van der Waals surface area (Å²) in [6, 6.07) is 5.19. The van der Waals surface area contributed by atoms with Crippen molar-refractivity contribution in [2.75, 3.05) is 25.1 Å². The van der Waals surface area contributed by atoms with E-state index in [4.69, 9.17) is 4.74 Å². The molecule has 2 amide bonds.